The predicted molar refractivity (Wildman–Crippen MR) is 103 cm³/mol. The highest BCUT2D eigenvalue weighted by atomic mass is 16.5. The van der Waals surface area contributed by atoms with E-state index in [1.165, 1.54) is 18.0 Å². The second-order valence-corrected chi connectivity index (χ2v) is 6.00. The number of carbonyl (C=O) groups is 2. The molecule has 0 aliphatic carbocycles. The van der Waals surface area contributed by atoms with Crippen LogP contribution in [-0.4, -0.2) is 35.6 Å². The number of nitrogens with two attached hydrogens (primary N) is 1. The van der Waals surface area contributed by atoms with Gasteiger partial charge in [0.1, 0.15) is 11.6 Å². The molecule has 0 aliphatic heterocycles. The third-order valence-corrected chi connectivity index (χ3v) is 4.31. The van der Waals surface area contributed by atoms with E-state index in [-0.39, 0.29) is 23.1 Å². The van der Waals surface area contributed by atoms with Gasteiger partial charge in [0, 0.05) is 18.2 Å². The number of hydrogen-bond donors (Lipinski definition) is 2. The van der Waals surface area contributed by atoms with E-state index in [2.05, 4.69) is 10.4 Å². The van der Waals surface area contributed by atoms with Gasteiger partial charge in [0.25, 0.3) is 5.91 Å². The topological polar surface area (TPSA) is 99.2 Å². The molecule has 7 heteroatoms. The van der Waals surface area contributed by atoms with Crippen LogP contribution < -0.4 is 15.8 Å². The summed E-state index contributed by atoms with van der Waals surface area (Å²) < 4.78 is 6.63. The molecule has 0 saturated carbocycles. The molecule has 27 heavy (non-hydrogen) atoms. The summed E-state index contributed by atoms with van der Waals surface area (Å²) in [4.78, 5) is 24.7. The number of benzene rings is 2. The fourth-order valence-electron chi connectivity index (χ4n) is 2.77. The Balaban J connectivity index is 2.03. The first kappa shape index (κ1) is 18.2. The number of anilines is 1. The maximum absolute atomic E-state index is 12.8. The van der Waals surface area contributed by atoms with E-state index in [9.17, 15) is 9.59 Å². The summed E-state index contributed by atoms with van der Waals surface area (Å²) in [5, 5.41) is 6.85. The van der Waals surface area contributed by atoms with E-state index < -0.39 is 0 Å². The Kier molecular flexibility index (Phi) is 4.94. The Bertz CT molecular complexity index is 1020. The van der Waals surface area contributed by atoms with Crippen molar-refractivity contribution < 1.29 is 14.3 Å². The SMILES string of the molecule is CNC(=O)c1ccc(C)c(-n2ncc(C(=O)c3cccc(OC)c3)c2N)c1. The minimum absolute atomic E-state index is 0.208. The molecule has 3 rings (SSSR count). The Morgan fingerprint density at radius 1 is 1.15 bits per heavy atom. The predicted octanol–water partition coefficient (Wildman–Crippen LogP) is 2.36. The van der Waals surface area contributed by atoms with Gasteiger partial charge in [-0.1, -0.05) is 18.2 Å². The maximum atomic E-state index is 12.8. The lowest BCUT2D eigenvalue weighted by Crippen LogP contribution is -2.18. The first-order chi connectivity index (χ1) is 13.0. The Morgan fingerprint density at radius 2 is 1.93 bits per heavy atom. The molecule has 0 spiro atoms. The molecule has 2 aromatic carbocycles. The average Bonchev–Trinajstić information content (AvgIpc) is 3.08. The molecule has 0 atom stereocenters. The van der Waals surface area contributed by atoms with Gasteiger partial charge in [0.2, 0.25) is 0 Å². The van der Waals surface area contributed by atoms with Gasteiger partial charge >= 0.3 is 0 Å². The fraction of sp³-hybridized carbons (Fsp3) is 0.150. The Labute approximate surface area is 156 Å². The number of aromatic nitrogens is 2. The number of nitrogens with zero attached hydrogens (tertiary/aromatic N) is 2. The lowest BCUT2D eigenvalue weighted by Gasteiger charge is -2.10. The monoisotopic (exact) mass is 364 g/mol. The number of methoxy groups -OCH3 is 1. The number of nitrogens with one attached hydrogen (secondary N) is 1. The molecule has 1 heterocycles. The minimum Gasteiger partial charge on any atom is -0.497 e. The van der Waals surface area contributed by atoms with Gasteiger partial charge in [0.15, 0.2) is 5.78 Å². The highest BCUT2D eigenvalue weighted by molar-refractivity contribution is 6.11. The summed E-state index contributed by atoms with van der Waals surface area (Å²) in [5.41, 5.74) is 8.95. The summed E-state index contributed by atoms with van der Waals surface area (Å²) in [5.74, 6) is 0.327. The molecule has 0 aliphatic rings. The Hall–Kier alpha value is -3.61. The number of ether oxygens (including phenoxy) is 1. The second-order valence-electron chi connectivity index (χ2n) is 6.00. The van der Waals surface area contributed by atoms with Crippen molar-refractivity contribution in [3.8, 4) is 11.4 Å². The van der Waals surface area contributed by atoms with Gasteiger partial charge in [-0.25, -0.2) is 4.68 Å². The van der Waals surface area contributed by atoms with E-state index in [4.69, 9.17) is 10.5 Å². The molecule has 0 saturated heterocycles. The van der Waals surface area contributed by atoms with Gasteiger partial charge in [-0.2, -0.15) is 5.10 Å². The molecule has 1 aromatic heterocycles. The van der Waals surface area contributed by atoms with E-state index >= 15 is 0 Å². The molecule has 0 fully saturated rings. The van der Waals surface area contributed by atoms with Gasteiger partial charge in [-0.15, -0.1) is 0 Å². The number of ketones is 1. The van der Waals surface area contributed by atoms with Crippen LogP contribution in [0.15, 0.2) is 48.7 Å². The molecule has 1 amide bonds. The van der Waals surface area contributed by atoms with Crippen molar-refractivity contribution in [2.45, 2.75) is 6.92 Å². The van der Waals surface area contributed by atoms with E-state index in [0.29, 0.717) is 22.6 Å². The van der Waals surface area contributed by atoms with Crippen molar-refractivity contribution in [1.29, 1.82) is 0 Å². The largest absolute Gasteiger partial charge is 0.497 e. The Morgan fingerprint density at radius 3 is 2.63 bits per heavy atom. The average molecular weight is 364 g/mol. The maximum Gasteiger partial charge on any atom is 0.251 e. The van der Waals surface area contributed by atoms with Crippen molar-refractivity contribution in [2.24, 2.45) is 0 Å². The lowest BCUT2D eigenvalue weighted by atomic mass is 10.1. The van der Waals surface area contributed by atoms with E-state index in [0.717, 1.165) is 5.56 Å². The molecule has 0 unspecified atom stereocenters. The van der Waals surface area contributed by atoms with Crippen LogP contribution in [0.1, 0.15) is 31.8 Å². The number of nitrogen functional groups attached to an aromatic ring is 1. The smallest absolute Gasteiger partial charge is 0.251 e. The van der Waals surface area contributed by atoms with Crippen molar-refractivity contribution in [1.82, 2.24) is 15.1 Å². The van der Waals surface area contributed by atoms with Crippen LogP contribution in [0.2, 0.25) is 0 Å². The molecule has 3 aromatic rings. The molecule has 3 N–H and O–H groups in total. The van der Waals surface area contributed by atoms with Crippen LogP contribution in [-0.2, 0) is 0 Å². The normalized spacial score (nSPS) is 10.5. The van der Waals surface area contributed by atoms with Gasteiger partial charge in [0.05, 0.1) is 24.6 Å². The molecule has 0 bridgehead atoms. The van der Waals surface area contributed by atoms with Crippen molar-refractivity contribution in [3.63, 3.8) is 0 Å². The van der Waals surface area contributed by atoms with E-state index in [1.807, 2.05) is 13.0 Å². The zero-order chi connectivity index (χ0) is 19.6. The van der Waals surface area contributed by atoms with Crippen LogP contribution >= 0.6 is 0 Å². The molecular weight excluding hydrogens is 344 g/mol. The molecule has 138 valence electrons. The first-order valence-electron chi connectivity index (χ1n) is 8.31. The summed E-state index contributed by atoms with van der Waals surface area (Å²) in [6.45, 7) is 1.88. The molecular formula is C20H20N4O3. The number of amides is 1. The number of hydrogen-bond acceptors (Lipinski definition) is 5. The standard InChI is InChI=1S/C20H20N4O3/c1-12-7-8-14(20(26)22-2)10-17(12)24-19(21)16(11-23-24)18(25)13-5-4-6-15(9-13)27-3/h4-11H,21H2,1-3H3,(H,22,26). The molecule has 0 radical (unpaired) electrons. The minimum atomic E-state index is -0.252. The third-order valence-electron chi connectivity index (χ3n) is 4.31. The van der Waals surface area contributed by atoms with Crippen LogP contribution in [0.4, 0.5) is 5.82 Å². The van der Waals surface area contributed by atoms with Gasteiger partial charge in [-0.05, 0) is 36.8 Å². The van der Waals surface area contributed by atoms with Gasteiger partial charge in [-0.3, -0.25) is 9.59 Å². The fourth-order valence-corrected chi connectivity index (χ4v) is 2.77. The van der Waals surface area contributed by atoms with Crippen LogP contribution in [0.25, 0.3) is 5.69 Å². The highest BCUT2D eigenvalue weighted by Gasteiger charge is 2.19. The molecule has 7 nitrogen and oxygen atoms in total. The quantitative estimate of drug-likeness (QED) is 0.677. The second kappa shape index (κ2) is 7.33. The van der Waals surface area contributed by atoms with Crippen LogP contribution in [0, 0.1) is 6.92 Å². The highest BCUT2D eigenvalue weighted by Crippen LogP contribution is 2.24. The van der Waals surface area contributed by atoms with Crippen molar-refractivity contribution in [2.75, 3.05) is 19.9 Å². The lowest BCUT2D eigenvalue weighted by molar-refractivity contribution is 0.0962. The van der Waals surface area contributed by atoms with E-state index in [1.54, 1.807) is 43.4 Å². The zero-order valence-electron chi connectivity index (χ0n) is 15.3. The summed E-state index contributed by atoms with van der Waals surface area (Å²) in [7, 11) is 3.10. The number of carbonyl (C=O) groups excluding carboxylic acids is 2. The van der Waals surface area contributed by atoms with Crippen molar-refractivity contribution >= 4 is 17.5 Å². The summed E-state index contributed by atoms with van der Waals surface area (Å²) in [6.07, 6.45) is 1.43. The number of aryl methyl sites for hydroxylation is 1. The van der Waals surface area contributed by atoms with Crippen LogP contribution in [0.3, 0.4) is 0 Å². The first-order valence-corrected chi connectivity index (χ1v) is 8.31. The number of rotatable bonds is 5. The summed E-state index contributed by atoms with van der Waals surface area (Å²) in [6, 6.07) is 12.1. The van der Waals surface area contributed by atoms with Crippen LogP contribution in [0.5, 0.6) is 5.75 Å². The third kappa shape index (κ3) is 3.39. The summed E-state index contributed by atoms with van der Waals surface area (Å²) >= 11 is 0. The van der Waals surface area contributed by atoms with Crippen molar-refractivity contribution in [3.05, 3.63) is 70.9 Å². The zero-order valence-corrected chi connectivity index (χ0v) is 15.3. The van der Waals surface area contributed by atoms with Gasteiger partial charge < -0.3 is 15.8 Å².